The summed E-state index contributed by atoms with van der Waals surface area (Å²) >= 11 is 9.39. The van der Waals surface area contributed by atoms with Crippen molar-refractivity contribution in [1.29, 1.82) is 0 Å². The number of aryl methyl sites for hydroxylation is 1. The van der Waals surface area contributed by atoms with Crippen molar-refractivity contribution in [3.05, 3.63) is 27.2 Å². The van der Waals surface area contributed by atoms with Crippen molar-refractivity contribution in [2.24, 2.45) is 11.7 Å². The van der Waals surface area contributed by atoms with Crippen molar-refractivity contribution in [3.8, 4) is 0 Å². The lowest BCUT2D eigenvalue weighted by atomic mass is 10.0. The minimum absolute atomic E-state index is 0.0923. The molecule has 1 rings (SSSR count). The maximum atomic E-state index is 11.8. The monoisotopic (exact) mass is 318 g/mol. The molecule has 3 N–H and O–H groups in total. The van der Waals surface area contributed by atoms with Gasteiger partial charge in [-0.15, -0.1) is 0 Å². The van der Waals surface area contributed by atoms with Crippen LogP contribution >= 0.6 is 27.5 Å². The lowest BCUT2D eigenvalue weighted by molar-refractivity contribution is -0.118. The van der Waals surface area contributed by atoms with Crippen LogP contribution in [0.15, 0.2) is 16.6 Å². The molecule has 1 amide bonds. The summed E-state index contributed by atoms with van der Waals surface area (Å²) < 4.78 is 0.795. The summed E-state index contributed by atoms with van der Waals surface area (Å²) in [5.41, 5.74) is 7.35. The number of carbonyl (C=O) groups excluding carboxylic acids is 1. The summed E-state index contributed by atoms with van der Waals surface area (Å²) in [4.78, 5) is 11.8. The van der Waals surface area contributed by atoms with E-state index in [1.165, 1.54) is 0 Å². The second kappa shape index (κ2) is 5.85. The van der Waals surface area contributed by atoms with E-state index in [0.29, 0.717) is 10.7 Å². The van der Waals surface area contributed by atoms with Gasteiger partial charge in [0.05, 0.1) is 11.7 Å². The fraction of sp³-hybridized carbons (Fsp3) is 0.417. The molecule has 1 aromatic carbocycles. The van der Waals surface area contributed by atoms with E-state index in [-0.39, 0.29) is 11.8 Å². The Hall–Kier alpha value is -0.580. The normalized spacial score (nSPS) is 12.6. The summed E-state index contributed by atoms with van der Waals surface area (Å²) in [6.07, 6.45) is 0. The Balaban J connectivity index is 2.89. The zero-order chi connectivity index (χ0) is 13.2. The van der Waals surface area contributed by atoms with Gasteiger partial charge in [0.25, 0.3) is 0 Å². The molecule has 0 aliphatic rings. The van der Waals surface area contributed by atoms with Crippen molar-refractivity contribution < 1.29 is 4.79 Å². The minimum Gasteiger partial charge on any atom is -0.324 e. The van der Waals surface area contributed by atoms with Crippen molar-refractivity contribution in [3.63, 3.8) is 0 Å². The average molecular weight is 320 g/mol. The van der Waals surface area contributed by atoms with Crippen LogP contribution in [-0.4, -0.2) is 11.9 Å². The van der Waals surface area contributed by atoms with Crippen molar-refractivity contribution in [2.45, 2.75) is 26.8 Å². The molecule has 3 nitrogen and oxygen atoms in total. The van der Waals surface area contributed by atoms with Crippen LogP contribution < -0.4 is 11.1 Å². The highest BCUT2D eigenvalue weighted by atomic mass is 79.9. The standard InChI is InChI=1S/C12H16BrClN2O/c1-6(2)11(15)12(17)16-10-5-9(14)7(3)4-8(10)13/h4-6,11H,15H2,1-3H3,(H,16,17). The van der Waals surface area contributed by atoms with Gasteiger partial charge in [-0.2, -0.15) is 0 Å². The first-order valence-corrected chi connectivity index (χ1v) is 6.52. The molecule has 1 unspecified atom stereocenters. The fourth-order valence-electron chi connectivity index (χ4n) is 1.26. The molecule has 0 aliphatic heterocycles. The Kier molecular flexibility index (Phi) is 4.98. The fourth-order valence-corrected chi connectivity index (χ4v) is 1.98. The Morgan fingerprint density at radius 2 is 2.06 bits per heavy atom. The van der Waals surface area contributed by atoms with E-state index in [1.807, 2.05) is 26.8 Å². The zero-order valence-corrected chi connectivity index (χ0v) is 12.4. The van der Waals surface area contributed by atoms with Crippen LogP contribution in [0.3, 0.4) is 0 Å². The largest absolute Gasteiger partial charge is 0.324 e. The van der Waals surface area contributed by atoms with Gasteiger partial charge in [0.1, 0.15) is 0 Å². The van der Waals surface area contributed by atoms with E-state index in [1.54, 1.807) is 6.07 Å². The molecule has 0 heterocycles. The lowest BCUT2D eigenvalue weighted by Crippen LogP contribution is -2.39. The van der Waals surface area contributed by atoms with Gasteiger partial charge < -0.3 is 11.1 Å². The number of nitrogens with one attached hydrogen (secondary N) is 1. The van der Waals surface area contributed by atoms with Crippen molar-refractivity contribution in [1.82, 2.24) is 0 Å². The van der Waals surface area contributed by atoms with Crippen LogP contribution in [0, 0.1) is 12.8 Å². The molecule has 17 heavy (non-hydrogen) atoms. The first kappa shape index (κ1) is 14.5. The summed E-state index contributed by atoms with van der Waals surface area (Å²) in [5.74, 6) is -0.115. The quantitative estimate of drug-likeness (QED) is 0.898. The molecule has 0 aliphatic carbocycles. The number of benzene rings is 1. The number of nitrogens with two attached hydrogens (primary N) is 1. The average Bonchev–Trinajstić information content (AvgIpc) is 2.24. The first-order valence-electron chi connectivity index (χ1n) is 5.35. The van der Waals surface area contributed by atoms with Gasteiger partial charge in [-0.1, -0.05) is 25.4 Å². The van der Waals surface area contributed by atoms with Gasteiger partial charge in [0, 0.05) is 9.50 Å². The number of halogens is 2. The molecule has 94 valence electrons. The number of hydrogen-bond donors (Lipinski definition) is 2. The highest BCUT2D eigenvalue weighted by molar-refractivity contribution is 9.10. The molecular weight excluding hydrogens is 304 g/mol. The van der Waals surface area contributed by atoms with Gasteiger partial charge >= 0.3 is 0 Å². The summed E-state index contributed by atoms with van der Waals surface area (Å²) in [5, 5.41) is 3.38. The number of hydrogen-bond acceptors (Lipinski definition) is 2. The topological polar surface area (TPSA) is 55.1 Å². The maximum Gasteiger partial charge on any atom is 0.241 e. The third kappa shape index (κ3) is 3.69. The van der Waals surface area contributed by atoms with Gasteiger partial charge in [-0.25, -0.2) is 0 Å². The van der Waals surface area contributed by atoms with E-state index in [9.17, 15) is 4.79 Å². The molecule has 0 saturated heterocycles. The predicted octanol–water partition coefficient (Wildman–Crippen LogP) is 3.33. The lowest BCUT2D eigenvalue weighted by Gasteiger charge is -2.16. The summed E-state index contributed by atoms with van der Waals surface area (Å²) in [7, 11) is 0. The first-order chi connectivity index (χ1) is 7.82. The van der Waals surface area contributed by atoms with Crippen LogP contribution in [0.2, 0.25) is 5.02 Å². The Morgan fingerprint density at radius 3 is 2.59 bits per heavy atom. The number of amides is 1. The van der Waals surface area contributed by atoms with E-state index in [4.69, 9.17) is 17.3 Å². The molecule has 0 aromatic heterocycles. The van der Waals surface area contributed by atoms with E-state index in [0.717, 1.165) is 10.0 Å². The second-order valence-electron chi connectivity index (χ2n) is 4.34. The Labute approximate surface area is 115 Å². The SMILES string of the molecule is Cc1cc(Br)c(NC(=O)C(N)C(C)C)cc1Cl. The third-order valence-electron chi connectivity index (χ3n) is 2.53. The van der Waals surface area contributed by atoms with Gasteiger partial charge in [-0.05, 0) is 46.5 Å². The van der Waals surface area contributed by atoms with Gasteiger partial charge in [0.2, 0.25) is 5.91 Å². The smallest absolute Gasteiger partial charge is 0.241 e. The molecule has 0 spiro atoms. The highest BCUT2D eigenvalue weighted by Gasteiger charge is 2.18. The van der Waals surface area contributed by atoms with E-state index in [2.05, 4.69) is 21.2 Å². The number of carbonyl (C=O) groups is 1. The molecule has 0 bridgehead atoms. The van der Waals surface area contributed by atoms with Crippen LogP contribution in [0.5, 0.6) is 0 Å². The molecule has 1 aromatic rings. The van der Waals surface area contributed by atoms with Crippen LogP contribution in [0.25, 0.3) is 0 Å². The zero-order valence-electron chi connectivity index (χ0n) is 10.1. The molecule has 0 radical (unpaired) electrons. The molecule has 5 heteroatoms. The van der Waals surface area contributed by atoms with E-state index >= 15 is 0 Å². The molecule has 0 saturated carbocycles. The Morgan fingerprint density at radius 1 is 1.47 bits per heavy atom. The van der Waals surface area contributed by atoms with Crippen LogP contribution in [0.1, 0.15) is 19.4 Å². The third-order valence-corrected chi connectivity index (χ3v) is 3.59. The molecular formula is C12H16BrClN2O. The van der Waals surface area contributed by atoms with Gasteiger partial charge in [0.15, 0.2) is 0 Å². The predicted molar refractivity (Wildman–Crippen MR) is 75.3 cm³/mol. The van der Waals surface area contributed by atoms with Crippen molar-refractivity contribution >= 4 is 39.1 Å². The minimum atomic E-state index is -0.526. The summed E-state index contributed by atoms with van der Waals surface area (Å²) in [6.45, 7) is 5.71. The summed E-state index contributed by atoms with van der Waals surface area (Å²) in [6, 6.07) is 3.05. The molecule has 0 fully saturated rings. The number of anilines is 1. The second-order valence-corrected chi connectivity index (χ2v) is 5.60. The Bertz CT molecular complexity index is 435. The van der Waals surface area contributed by atoms with Crippen molar-refractivity contribution in [2.75, 3.05) is 5.32 Å². The maximum absolute atomic E-state index is 11.8. The van der Waals surface area contributed by atoms with Crippen LogP contribution in [0.4, 0.5) is 5.69 Å². The van der Waals surface area contributed by atoms with Crippen LogP contribution in [-0.2, 0) is 4.79 Å². The molecule has 1 atom stereocenters. The highest BCUT2D eigenvalue weighted by Crippen LogP contribution is 2.29. The van der Waals surface area contributed by atoms with E-state index < -0.39 is 6.04 Å². The number of rotatable bonds is 3. The van der Waals surface area contributed by atoms with Gasteiger partial charge in [-0.3, -0.25) is 4.79 Å².